The molecule has 0 aromatic heterocycles. The lowest BCUT2D eigenvalue weighted by Crippen LogP contribution is -2.26. The molecular formula is C10H22ClNO. The summed E-state index contributed by atoms with van der Waals surface area (Å²) < 4.78 is 5.00. The maximum Gasteiger partial charge on any atom is 0.0462 e. The van der Waals surface area contributed by atoms with Gasteiger partial charge in [-0.2, -0.15) is 0 Å². The molecule has 3 heteroatoms. The van der Waals surface area contributed by atoms with Gasteiger partial charge in [-0.15, -0.1) is 11.6 Å². The largest absolute Gasteiger partial charge is 0.385 e. The minimum atomic E-state index is 0.772. The number of hydrogen-bond donors (Lipinski definition) is 0. The zero-order valence-corrected chi connectivity index (χ0v) is 9.65. The van der Waals surface area contributed by atoms with E-state index in [1.54, 1.807) is 7.11 Å². The highest BCUT2D eigenvalue weighted by atomic mass is 35.5. The summed E-state index contributed by atoms with van der Waals surface area (Å²) in [5.41, 5.74) is 0. The molecule has 0 rings (SSSR count). The fourth-order valence-corrected chi connectivity index (χ4v) is 1.41. The van der Waals surface area contributed by atoms with Gasteiger partial charge in [-0.1, -0.05) is 6.92 Å². The van der Waals surface area contributed by atoms with Crippen LogP contribution < -0.4 is 0 Å². The summed E-state index contributed by atoms with van der Waals surface area (Å²) in [4.78, 5) is 2.44. The quantitative estimate of drug-likeness (QED) is 0.425. The molecule has 0 aromatic rings. The molecule has 80 valence electrons. The van der Waals surface area contributed by atoms with E-state index >= 15 is 0 Å². The summed E-state index contributed by atoms with van der Waals surface area (Å²) in [5.74, 6) is 0.772. The molecule has 0 aliphatic carbocycles. The molecule has 0 unspecified atom stereocenters. The van der Waals surface area contributed by atoms with E-state index in [-0.39, 0.29) is 0 Å². The van der Waals surface area contributed by atoms with Crippen molar-refractivity contribution in [3.8, 4) is 0 Å². The minimum absolute atomic E-state index is 0.772. The molecule has 2 nitrogen and oxygen atoms in total. The summed E-state index contributed by atoms with van der Waals surface area (Å²) in [6, 6.07) is 0. The molecule has 0 spiro atoms. The van der Waals surface area contributed by atoms with E-state index in [1.165, 1.54) is 13.0 Å². The fourth-order valence-electron chi connectivity index (χ4n) is 1.29. The molecule has 13 heavy (non-hydrogen) atoms. The van der Waals surface area contributed by atoms with Crippen molar-refractivity contribution < 1.29 is 4.74 Å². The van der Waals surface area contributed by atoms with Gasteiger partial charge in [0.05, 0.1) is 0 Å². The number of unbranched alkanes of at least 4 members (excludes halogenated alkanes) is 1. The van der Waals surface area contributed by atoms with Crippen molar-refractivity contribution in [1.29, 1.82) is 0 Å². The predicted molar refractivity (Wildman–Crippen MR) is 58.6 cm³/mol. The predicted octanol–water partition coefficient (Wildman–Crippen LogP) is 2.36. The molecule has 0 bridgehead atoms. The molecule has 0 amide bonds. The first kappa shape index (κ1) is 13.2. The Morgan fingerprint density at radius 2 is 1.85 bits per heavy atom. The van der Waals surface area contributed by atoms with E-state index in [0.717, 1.165) is 38.4 Å². The van der Waals surface area contributed by atoms with Gasteiger partial charge >= 0.3 is 0 Å². The SMILES string of the molecule is CCN(CCCCl)CCCCOC. The average Bonchev–Trinajstić information content (AvgIpc) is 2.17. The second-order valence-electron chi connectivity index (χ2n) is 3.18. The van der Waals surface area contributed by atoms with Gasteiger partial charge in [0.25, 0.3) is 0 Å². The molecule has 0 aliphatic rings. The van der Waals surface area contributed by atoms with Crippen LogP contribution in [0, 0.1) is 0 Å². The van der Waals surface area contributed by atoms with Crippen molar-refractivity contribution in [1.82, 2.24) is 4.90 Å². The van der Waals surface area contributed by atoms with Crippen molar-refractivity contribution in [2.24, 2.45) is 0 Å². The Labute approximate surface area is 87.2 Å². The molecule has 0 aromatic carbocycles. The van der Waals surface area contributed by atoms with Crippen molar-refractivity contribution >= 4 is 11.6 Å². The van der Waals surface area contributed by atoms with Gasteiger partial charge in [-0.25, -0.2) is 0 Å². The topological polar surface area (TPSA) is 12.5 Å². The van der Waals surface area contributed by atoms with Crippen LogP contribution in [0.25, 0.3) is 0 Å². The Morgan fingerprint density at radius 1 is 1.15 bits per heavy atom. The Morgan fingerprint density at radius 3 is 2.38 bits per heavy atom. The van der Waals surface area contributed by atoms with Crippen LogP contribution in [0.2, 0.25) is 0 Å². The number of halogens is 1. The highest BCUT2D eigenvalue weighted by Crippen LogP contribution is 1.98. The molecule has 0 N–H and O–H groups in total. The van der Waals surface area contributed by atoms with E-state index in [1.807, 2.05) is 0 Å². The van der Waals surface area contributed by atoms with Gasteiger partial charge in [0, 0.05) is 19.6 Å². The summed E-state index contributed by atoms with van der Waals surface area (Å²) >= 11 is 5.64. The lowest BCUT2D eigenvalue weighted by Gasteiger charge is -2.19. The van der Waals surface area contributed by atoms with Gasteiger partial charge in [-0.05, 0) is 38.9 Å². The Kier molecular flexibility index (Phi) is 10.5. The zero-order chi connectivity index (χ0) is 9.94. The Bertz CT molecular complexity index is 101. The van der Waals surface area contributed by atoms with Crippen molar-refractivity contribution in [3.05, 3.63) is 0 Å². The second-order valence-corrected chi connectivity index (χ2v) is 3.55. The van der Waals surface area contributed by atoms with Gasteiger partial charge in [-0.3, -0.25) is 0 Å². The third kappa shape index (κ3) is 8.54. The van der Waals surface area contributed by atoms with Crippen LogP contribution in [0.4, 0.5) is 0 Å². The highest BCUT2D eigenvalue weighted by Gasteiger charge is 2.00. The van der Waals surface area contributed by atoms with Crippen LogP contribution in [0.3, 0.4) is 0 Å². The number of rotatable bonds is 9. The summed E-state index contributed by atoms with van der Waals surface area (Å²) in [5, 5.41) is 0. The van der Waals surface area contributed by atoms with E-state index in [4.69, 9.17) is 16.3 Å². The summed E-state index contributed by atoms with van der Waals surface area (Å²) in [7, 11) is 1.76. The van der Waals surface area contributed by atoms with Crippen LogP contribution in [-0.2, 0) is 4.74 Å². The van der Waals surface area contributed by atoms with Crippen LogP contribution in [0.1, 0.15) is 26.2 Å². The Balaban J connectivity index is 3.25. The van der Waals surface area contributed by atoms with Crippen molar-refractivity contribution in [3.63, 3.8) is 0 Å². The number of methoxy groups -OCH3 is 1. The highest BCUT2D eigenvalue weighted by molar-refractivity contribution is 6.17. The van der Waals surface area contributed by atoms with Crippen LogP contribution in [0.5, 0.6) is 0 Å². The fraction of sp³-hybridized carbons (Fsp3) is 1.00. The molecule has 0 atom stereocenters. The number of alkyl halides is 1. The van der Waals surface area contributed by atoms with Gasteiger partial charge < -0.3 is 9.64 Å². The third-order valence-electron chi connectivity index (χ3n) is 2.13. The first-order chi connectivity index (χ1) is 6.35. The smallest absolute Gasteiger partial charge is 0.0462 e. The normalized spacial score (nSPS) is 11.1. The summed E-state index contributed by atoms with van der Waals surface area (Å²) in [6.07, 6.45) is 3.48. The molecule has 0 radical (unpaired) electrons. The van der Waals surface area contributed by atoms with Crippen LogP contribution in [0.15, 0.2) is 0 Å². The molecule has 0 saturated heterocycles. The zero-order valence-electron chi connectivity index (χ0n) is 8.89. The number of ether oxygens (including phenoxy) is 1. The summed E-state index contributed by atoms with van der Waals surface area (Å²) in [6.45, 7) is 6.52. The monoisotopic (exact) mass is 207 g/mol. The maximum absolute atomic E-state index is 5.64. The third-order valence-corrected chi connectivity index (χ3v) is 2.40. The van der Waals surface area contributed by atoms with E-state index < -0.39 is 0 Å². The average molecular weight is 208 g/mol. The van der Waals surface area contributed by atoms with Gasteiger partial charge in [0.2, 0.25) is 0 Å². The lowest BCUT2D eigenvalue weighted by molar-refractivity contribution is 0.184. The second kappa shape index (κ2) is 10.3. The van der Waals surface area contributed by atoms with E-state index in [0.29, 0.717) is 0 Å². The molecule has 0 aliphatic heterocycles. The minimum Gasteiger partial charge on any atom is -0.385 e. The Hall–Kier alpha value is 0.210. The van der Waals surface area contributed by atoms with Gasteiger partial charge in [0.1, 0.15) is 0 Å². The van der Waals surface area contributed by atoms with E-state index in [9.17, 15) is 0 Å². The van der Waals surface area contributed by atoms with Gasteiger partial charge in [0.15, 0.2) is 0 Å². The first-order valence-electron chi connectivity index (χ1n) is 5.12. The first-order valence-corrected chi connectivity index (χ1v) is 5.65. The maximum atomic E-state index is 5.64. The molecule has 0 saturated carbocycles. The lowest BCUT2D eigenvalue weighted by atomic mass is 10.3. The molecule has 0 fully saturated rings. The van der Waals surface area contributed by atoms with Crippen molar-refractivity contribution in [2.75, 3.05) is 39.2 Å². The molecule has 0 heterocycles. The van der Waals surface area contributed by atoms with Crippen molar-refractivity contribution in [2.45, 2.75) is 26.2 Å². The van der Waals surface area contributed by atoms with Crippen LogP contribution >= 0.6 is 11.6 Å². The van der Waals surface area contributed by atoms with E-state index in [2.05, 4.69) is 11.8 Å². The van der Waals surface area contributed by atoms with Crippen LogP contribution in [-0.4, -0.2) is 44.1 Å². The molecular weight excluding hydrogens is 186 g/mol. The number of hydrogen-bond acceptors (Lipinski definition) is 2. The standard InChI is InChI=1S/C10H22ClNO/c1-3-12(9-6-7-11)8-4-5-10-13-2/h3-10H2,1-2H3. The number of nitrogens with zero attached hydrogens (tertiary/aromatic N) is 1.